The van der Waals surface area contributed by atoms with Gasteiger partial charge in [0, 0.05) is 17.6 Å². The van der Waals surface area contributed by atoms with Gasteiger partial charge in [-0.25, -0.2) is 4.79 Å². The van der Waals surface area contributed by atoms with Crippen LogP contribution < -0.4 is 16.8 Å². The number of fused-ring (bicyclic) bond motifs is 1. The third-order valence-electron chi connectivity index (χ3n) is 2.32. The van der Waals surface area contributed by atoms with Gasteiger partial charge in [0.1, 0.15) is 0 Å². The van der Waals surface area contributed by atoms with Crippen LogP contribution in [0.4, 0.5) is 5.69 Å². The number of amides is 1. The van der Waals surface area contributed by atoms with Crippen molar-refractivity contribution in [2.75, 3.05) is 5.32 Å². The molecular formula is C12H15N3O3. The van der Waals surface area contributed by atoms with Crippen LogP contribution >= 0.6 is 0 Å². The molecule has 0 atom stereocenters. The third-order valence-corrected chi connectivity index (χ3v) is 2.32. The summed E-state index contributed by atoms with van der Waals surface area (Å²) in [5, 5.41) is 2.72. The van der Waals surface area contributed by atoms with Crippen molar-refractivity contribution in [3.63, 3.8) is 0 Å². The lowest BCUT2D eigenvalue weighted by molar-refractivity contribution is -0.117. The number of aromatic nitrogens is 1. The Morgan fingerprint density at radius 3 is 2.89 bits per heavy atom. The largest absolute Gasteiger partial charge is 0.417 e. The SMILES string of the molecule is CC(C)(N)CC(=O)Nc1ccc2oc(=O)[nH]c2c1. The molecule has 4 N–H and O–H groups in total. The summed E-state index contributed by atoms with van der Waals surface area (Å²) in [4.78, 5) is 25.2. The van der Waals surface area contributed by atoms with E-state index in [9.17, 15) is 9.59 Å². The summed E-state index contributed by atoms with van der Waals surface area (Å²) in [6.45, 7) is 3.56. The number of hydrogen-bond acceptors (Lipinski definition) is 4. The number of hydrogen-bond donors (Lipinski definition) is 3. The van der Waals surface area contributed by atoms with Gasteiger partial charge in [0.25, 0.3) is 0 Å². The summed E-state index contributed by atoms with van der Waals surface area (Å²) in [7, 11) is 0. The molecule has 0 radical (unpaired) electrons. The molecule has 0 aliphatic carbocycles. The van der Waals surface area contributed by atoms with Gasteiger partial charge in [0.2, 0.25) is 5.91 Å². The molecule has 6 heteroatoms. The van der Waals surface area contributed by atoms with Crippen molar-refractivity contribution in [1.82, 2.24) is 4.98 Å². The maximum absolute atomic E-state index is 11.7. The van der Waals surface area contributed by atoms with E-state index in [-0.39, 0.29) is 12.3 Å². The molecule has 96 valence electrons. The van der Waals surface area contributed by atoms with Gasteiger partial charge in [0.05, 0.1) is 5.52 Å². The van der Waals surface area contributed by atoms with Crippen LogP contribution in [0.15, 0.2) is 27.4 Å². The molecule has 0 aliphatic heterocycles. The van der Waals surface area contributed by atoms with Gasteiger partial charge in [-0.2, -0.15) is 0 Å². The third kappa shape index (κ3) is 2.98. The van der Waals surface area contributed by atoms with E-state index in [1.165, 1.54) is 0 Å². The molecular weight excluding hydrogens is 234 g/mol. The summed E-state index contributed by atoms with van der Waals surface area (Å²) in [6, 6.07) is 4.93. The topological polar surface area (TPSA) is 101 Å². The minimum Gasteiger partial charge on any atom is -0.408 e. The first kappa shape index (κ1) is 12.4. The quantitative estimate of drug-likeness (QED) is 0.760. The average Bonchev–Trinajstić information content (AvgIpc) is 2.53. The Kier molecular flexibility index (Phi) is 2.96. The van der Waals surface area contributed by atoms with Crippen molar-refractivity contribution >= 4 is 22.7 Å². The smallest absolute Gasteiger partial charge is 0.408 e. The fourth-order valence-corrected chi connectivity index (χ4v) is 1.65. The fraction of sp³-hybridized carbons (Fsp3) is 0.333. The summed E-state index contributed by atoms with van der Waals surface area (Å²) >= 11 is 0. The van der Waals surface area contributed by atoms with E-state index in [4.69, 9.17) is 10.2 Å². The molecule has 2 aromatic rings. The summed E-state index contributed by atoms with van der Waals surface area (Å²) in [5.41, 5.74) is 6.80. The molecule has 1 aromatic carbocycles. The van der Waals surface area contributed by atoms with Gasteiger partial charge in [-0.05, 0) is 32.0 Å². The van der Waals surface area contributed by atoms with Crippen LogP contribution in [0.25, 0.3) is 11.1 Å². The lowest BCUT2D eigenvalue weighted by Crippen LogP contribution is -2.36. The Bertz CT molecular complexity index is 634. The van der Waals surface area contributed by atoms with Crippen molar-refractivity contribution in [2.45, 2.75) is 25.8 Å². The number of aromatic amines is 1. The van der Waals surface area contributed by atoms with E-state index in [1.54, 1.807) is 32.0 Å². The Hall–Kier alpha value is -2.08. The highest BCUT2D eigenvalue weighted by Gasteiger charge is 2.16. The molecule has 1 heterocycles. The molecule has 0 saturated heterocycles. The zero-order valence-corrected chi connectivity index (χ0v) is 10.2. The number of nitrogens with two attached hydrogens (primary N) is 1. The highest BCUT2D eigenvalue weighted by molar-refractivity contribution is 5.93. The first-order chi connectivity index (χ1) is 8.33. The molecule has 0 aliphatic rings. The Morgan fingerprint density at radius 2 is 2.22 bits per heavy atom. The van der Waals surface area contributed by atoms with Crippen molar-refractivity contribution in [1.29, 1.82) is 0 Å². The van der Waals surface area contributed by atoms with Gasteiger partial charge in [-0.1, -0.05) is 0 Å². The molecule has 0 fully saturated rings. The number of rotatable bonds is 3. The first-order valence-electron chi connectivity index (χ1n) is 5.55. The van der Waals surface area contributed by atoms with Crippen LogP contribution in [-0.2, 0) is 4.79 Å². The van der Waals surface area contributed by atoms with Crippen LogP contribution in [0.1, 0.15) is 20.3 Å². The van der Waals surface area contributed by atoms with Gasteiger partial charge in [0.15, 0.2) is 5.58 Å². The molecule has 1 amide bonds. The number of oxazole rings is 1. The predicted octanol–water partition coefficient (Wildman–Crippen LogP) is 1.19. The molecule has 2 rings (SSSR count). The van der Waals surface area contributed by atoms with Crippen LogP contribution in [0, 0.1) is 0 Å². The molecule has 1 aromatic heterocycles. The van der Waals surface area contributed by atoms with Crippen molar-refractivity contribution in [3.05, 3.63) is 28.7 Å². The maximum atomic E-state index is 11.7. The molecule has 0 unspecified atom stereocenters. The maximum Gasteiger partial charge on any atom is 0.417 e. The number of nitrogens with one attached hydrogen (secondary N) is 2. The second kappa shape index (κ2) is 4.30. The van der Waals surface area contributed by atoms with Gasteiger partial charge >= 0.3 is 5.76 Å². The van der Waals surface area contributed by atoms with Crippen LogP contribution in [0.3, 0.4) is 0 Å². The average molecular weight is 249 g/mol. The second-order valence-corrected chi connectivity index (χ2v) is 4.94. The lowest BCUT2D eigenvalue weighted by atomic mass is 10.0. The minimum absolute atomic E-state index is 0.173. The van der Waals surface area contributed by atoms with Crippen LogP contribution in [-0.4, -0.2) is 16.4 Å². The molecule has 0 bridgehead atoms. The zero-order chi connectivity index (χ0) is 13.3. The number of carbonyl (C=O) groups is 1. The van der Waals surface area contributed by atoms with E-state index in [0.717, 1.165) is 0 Å². The van der Waals surface area contributed by atoms with Gasteiger partial charge in [-0.3, -0.25) is 9.78 Å². The highest BCUT2D eigenvalue weighted by atomic mass is 16.4. The Labute approximate surface area is 103 Å². The summed E-state index contributed by atoms with van der Waals surface area (Å²) < 4.78 is 4.86. The predicted molar refractivity (Wildman–Crippen MR) is 68.3 cm³/mol. The van der Waals surface area contributed by atoms with E-state index >= 15 is 0 Å². The molecule has 0 saturated carbocycles. The minimum atomic E-state index is -0.557. The normalized spacial score (nSPS) is 11.7. The molecule has 0 spiro atoms. The number of benzene rings is 1. The Balaban J connectivity index is 2.17. The second-order valence-electron chi connectivity index (χ2n) is 4.94. The summed E-state index contributed by atoms with van der Waals surface area (Å²) in [6.07, 6.45) is 0.215. The highest BCUT2D eigenvalue weighted by Crippen LogP contribution is 2.17. The van der Waals surface area contributed by atoms with E-state index < -0.39 is 11.3 Å². The van der Waals surface area contributed by atoms with Crippen molar-refractivity contribution in [2.24, 2.45) is 5.73 Å². The first-order valence-corrected chi connectivity index (χ1v) is 5.55. The van der Waals surface area contributed by atoms with Gasteiger partial charge in [-0.15, -0.1) is 0 Å². The van der Waals surface area contributed by atoms with E-state index in [0.29, 0.717) is 16.8 Å². The lowest BCUT2D eigenvalue weighted by Gasteiger charge is -2.17. The molecule has 18 heavy (non-hydrogen) atoms. The number of carbonyl (C=O) groups excluding carboxylic acids is 1. The number of H-pyrrole nitrogens is 1. The summed E-state index contributed by atoms with van der Waals surface area (Å²) in [5.74, 6) is -0.691. The van der Waals surface area contributed by atoms with Crippen molar-refractivity contribution < 1.29 is 9.21 Å². The Morgan fingerprint density at radius 1 is 1.50 bits per heavy atom. The molecule has 6 nitrogen and oxygen atoms in total. The number of anilines is 1. The monoisotopic (exact) mass is 249 g/mol. The van der Waals surface area contributed by atoms with Gasteiger partial charge < -0.3 is 15.5 Å². The van der Waals surface area contributed by atoms with Crippen LogP contribution in [0.5, 0.6) is 0 Å². The van der Waals surface area contributed by atoms with E-state index in [1.807, 2.05) is 0 Å². The zero-order valence-electron chi connectivity index (χ0n) is 10.2. The van der Waals surface area contributed by atoms with Crippen molar-refractivity contribution in [3.8, 4) is 0 Å². The fourth-order valence-electron chi connectivity index (χ4n) is 1.65. The standard InChI is InChI=1S/C12H15N3O3/c1-12(2,13)6-10(16)14-7-3-4-9-8(5-7)15-11(17)18-9/h3-5H,6,13H2,1-2H3,(H,14,16)(H,15,17). The van der Waals surface area contributed by atoms with Crippen LogP contribution in [0.2, 0.25) is 0 Å². The van der Waals surface area contributed by atoms with E-state index in [2.05, 4.69) is 10.3 Å².